The number of carbonyl (C=O) groups excluding carboxylic acids is 1. The van der Waals surface area contributed by atoms with Crippen LogP contribution in [0.5, 0.6) is 0 Å². The Morgan fingerprint density at radius 3 is 2.35 bits per heavy atom. The largest absolute Gasteiger partial charge is 0.478 e. The SMILES string of the molecule is CN(CCc1cccs1)C(=O)c1ccc(C(=O)O)cc1. The van der Waals surface area contributed by atoms with Crippen molar-refractivity contribution in [3.8, 4) is 0 Å². The van der Waals surface area contributed by atoms with Crippen molar-refractivity contribution in [1.29, 1.82) is 0 Å². The maximum atomic E-state index is 12.2. The van der Waals surface area contributed by atoms with E-state index >= 15 is 0 Å². The van der Waals surface area contributed by atoms with Crippen LogP contribution >= 0.6 is 11.3 Å². The molecule has 0 aliphatic heterocycles. The van der Waals surface area contributed by atoms with Crippen LogP contribution in [0.4, 0.5) is 0 Å². The number of hydrogen-bond donors (Lipinski definition) is 1. The summed E-state index contributed by atoms with van der Waals surface area (Å²) >= 11 is 1.67. The van der Waals surface area contributed by atoms with E-state index in [2.05, 4.69) is 0 Å². The lowest BCUT2D eigenvalue weighted by Gasteiger charge is -2.16. The van der Waals surface area contributed by atoms with Gasteiger partial charge in [-0.3, -0.25) is 4.79 Å². The Kier molecular flexibility index (Phi) is 4.53. The molecule has 104 valence electrons. The van der Waals surface area contributed by atoms with E-state index in [1.54, 1.807) is 35.4 Å². The summed E-state index contributed by atoms with van der Waals surface area (Å²) in [6.45, 7) is 0.639. The first-order chi connectivity index (χ1) is 9.58. The van der Waals surface area contributed by atoms with Gasteiger partial charge in [0.05, 0.1) is 5.56 Å². The normalized spacial score (nSPS) is 10.2. The second-order valence-electron chi connectivity index (χ2n) is 4.44. The number of nitrogens with zero attached hydrogens (tertiary/aromatic N) is 1. The number of benzene rings is 1. The van der Waals surface area contributed by atoms with Crippen LogP contribution in [0.15, 0.2) is 41.8 Å². The average Bonchev–Trinajstić information content (AvgIpc) is 2.97. The highest BCUT2D eigenvalue weighted by Crippen LogP contribution is 2.11. The van der Waals surface area contributed by atoms with Crippen molar-refractivity contribution in [3.05, 3.63) is 57.8 Å². The molecule has 0 radical (unpaired) electrons. The Morgan fingerprint density at radius 2 is 1.80 bits per heavy atom. The Hall–Kier alpha value is -2.14. The van der Waals surface area contributed by atoms with Crippen LogP contribution in [0.25, 0.3) is 0 Å². The van der Waals surface area contributed by atoms with E-state index in [0.717, 1.165) is 6.42 Å². The summed E-state index contributed by atoms with van der Waals surface area (Å²) in [5, 5.41) is 10.8. The number of thiophene rings is 1. The standard InChI is InChI=1S/C15H15NO3S/c1-16(9-8-13-3-2-10-20-13)14(17)11-4-6-12(7-5-11)15(18)19/h2-7,10H,8-9H2,1H3,(H,18,19). The van der Waals surface area contributed by atoms with Crippen LogP contribution in [-0.2, 0) is 6.42 Å². The number of likely N-dealkylation sites (N-methyl/N-ethyl adjacent to an activating group) is 1. The first-order valence-electron chi connectivity index (χ1n) is 6.19. The smallest absolute Gasteiger partial charge is 0.335 e. The van der Waals surface area contributed by atoms with E-state index < -0.39 is 5.97 Å². The third kappa shape index (κ3) is 3.45. The lowest BCUT2D eigenvalue weighted by atomic mass is 10.1. The molecular weight excluding hydrogens is 274 g/mol. The highest BCUT2D eigenvalue weighted by atomic mass is 32.1. The van der Waals surface area contributed by atoms with E-state index in [4.69, 9.17) is 5.11 Å². The highest BCUT2D eigenvalue weighted by molar-refractivity contribution is 7.09. The van der Waals surface area contributed by atoms with Gasteiger partial charge in [0.15, 0.2) is 0 Å². The van der Waals surface area contributed by atoms with Crippen LogP contribution in [0.1, 0.15) is 25.6 Å². The molecule has 5 heteroatoms. The first kappa shape index (κ1) is 14.3. The number of rotatable bonds is 5. The average molecular weight is 289 g/mol. The molecule has 0 saturated carbocycles. The molecule has 0 spiro atoms. The first-order valence-corrected chi connectivity index (χ1v) is 7.07. The zero-order chi connectivity index (χ0) is 14.5. The van der Waals surface area contributed by atoms with Gasteiger partial charge < -0.3 is 10.0 Å². The second kappa shape index (κ2) is 6.34. The molecule has 1 heterocycles. The summed E-state index contributed by atoms with van der Waals surface area (Å²) in [6.07, 6.45) is 0.827. The van der Waals surface area contributed by atoms with Crippen molar-refractivity contribution in [2.75, 3.05) is 13.6 Å². The van der Waals surface area contributed by atoms with E-state index in [0.29, 0.717) is 12.1 Å². The van der Waals surface area contributed by atoms with Crippen LogP contribution in [0.2, 0.25) is 0 Å². The van der Waals surface area contributed by atoms with E-state index in [1.165, 1.54) is 17.0 Å². The van der Waals surface area contributed by atoms with Gasteiger partial charge in [-0.05, 0) is 42.1 Å². The van der Waals surface area contributed by atoms with Gasteiger partial charge in [0.25, 0.3) is 5.91 Å². The summed E-state index contributed by atoms with van der Waals surface area (Å²) in [5.41, 5.74) is 0.687. The number of carboxylic acid groups (broad SMARTS) is 1. The third-order valence-electron chi connectivity index (χ3n) is 3.00. The predicted molar refractivity (Wildman–Crippen MR) is 78.4 cm³/mol. The number of amides is 1. The molecule has 1 N–H and O–H groups in total. The molecule has 0 bridgehead atoms. The van der Waals surface area contributed by atoms with Crippen molar-refractivity contribution in [2.24, 2.45) is 0 Å². The van der Waals surface area contributed by atoms with Crippen LogP contribution < -0.4 is 0 Å². The van der Waals surface area contributed by atoms with Gasteiger partial charge in [0, 0.05) is 24.0 Å². The molecule has 0 unspecified atom stereocenters. The highest BCUT2D eigenvalue weighted by Gasteiger charge is 2.12. The fourth-order valence-electron chi connectivity index (χ4n) is 1.81. The molecule has 2 rings (SSSR count). The molecule has 2 aromatic rings. The monoisotopic (exact) mass is 289 g/mol. The summed E-state index contributed by atoms with van der Waals surface area (Å²) in [7, 11) is 1.75. The quantitative estimate of drug-likeness (QED) is 0.920. The van der Waals surface area contributed by atoms with Crippen LogP contribution in [0, 0.1) is 0 Å². The summed E-state index contributed by atoms with van der Waals surface area (Å²) < 4.78 is 0. The summed E-state index contributed by atoms with van der Waals surface area (Å²) in [4.78, 5) is 25.8. The van der Waals surface area contributed by atoms with Crippen LogP contribution in [-0.4, -0.2) is 35.5 Å². The Labute approximate surface area is 121 Å². The fraction of sp³-hybridized carbons (Fsp3) is 0.200. The van der Waals surface area contributed by atoms with E-state index in [-0.39, 0.29) is 11.5 Å². The molecule has 0 fully saturated rings. The van der Waals surface area contributed by atoms with E-state index in [1.807, 2.05) is 17.5 Å². The van der Waals surface area contributed by atoms with Crippen LogP contribution in [0.3, 0.4) is 0 Å². The minimum absolute atomic E-state index is 0.0986. The second-order valence-corrected chi connectivity index (χ2v) is 5.47. The van der Waals surface area contributed by atoms with Gasteiger partial charge in [-0.25, -0.2) is 4.79 Å². The lowest BCUT2D eigenvalue weighted by molar-refractivity contribution is 0.0695. The molecular formula is C15H15NO3S. The molecule has 1 aromatic carbocycles. The molecule has 1 aromatic heterocycles. The third-order valence-corrected chi connectivity index (χ3v) is 3.94. The predicted octanol–water partition coefficient (Wildman–Crippen LogP) is 2.76. The fourth-order valence-corrected chi connectivity index (χ4v) is 2.51. The Bertz CT molecular complexity index is 590. The van der Waals surface area contributed by atoms with Crippen molar-refractivity contribution in [3.63, 3.8) is 0 Å². The van der Waals surface area contributed by atoms with Crippen molar-refractivity contribution in [1.82, 2.24) is 4.90 Å². The number of aromatic carboxylic acids is 1. The molecule has 20 heavy (non-hydrogen) atoms. The molecule has 0 saturated heterocycles. The summed E-state index contributed by atoms with van der Waals surface area (Å²) in [5.74, 6) is -1.09. The van der Waals surface area contributed by atoms with Gasteiger partial charge in [0.1, 0.15) is 0 Å². The lowest BCUT2D eigenvalue weighted by Crippen LogP contribution is -2.28. The Balaban J connectivity index is 1.97. The number of carbonyl (C=O) groups is 2. The molecule has 0 aliphatic carbocycles. The molecule has 1 amide bonds. The minimum Gasteiger partial charge on any atom is -0.478 e. The van der Waals surface area contributed by atoms with Gasteiger partial charge in [0.2, 0.25) is 0 Å². The maximum absolute atomic E-state index is 12.2. The zero-order valence-electron chi connectivity index (χ0n) is 11.1. The van der Waals surface area contributed by atoms with Gasteiger partial charge in [-0.1, -0.05) is 6.07 Å². The molecule has 0 aliphatic rings. The van der Waals surface area contributed by atoms with Crippen molar-refractivity contribution in [2.45, 2.75) is 6.42 Å². The van der Waals surface area contributed by atoms with E-state index in [9.17, 15) is 9.59 Å². The Morgan fingerprint density at radius 1 is 1.15 bits per heavy atom. The number of carboxylic acids is 1. The summed E-state index contributed by atoms with van der Waals surface area (Å²) in [6, 6.07) is 10.0. The van der Waals surface area contributed by atoms with Gasteiger partial charge in [-0.15, -0.1) is 11.3 Å². The van der Waals surface area contributed by atoms with Gasteiger partial charge in [-0.2, -0.15) is 0 Å². The topological polar surface area (TPSA) is 57.6 Å². The molecule has 0 atom stereocenters. The minimum atomic E-state index is -0.991. The molecule has 4 nitrogen and oxygen atoms in total. The van der Waals surface area contributed by atoms with Gasteiger partial charge >= 0.3 is 5.97 Å². The van der Waals surface area contributed by atoms with Crippen molar-refractivity contribution >= 4 is 23.2 Å². The van der Waals surface area contributed by atoms with Crippen molar-refractivity contribution < 1.29 is 14.7 Å². The number of hydrogen-bond acceptors (Lipinski definition) is 3. The zero-order valence-corrected chi connectivity index (χ0v) is 11.9. The maximum Gasteiger partial charge on any atom is 0.335 e.